The Bertz CT molecular complexity index is 617. The van der Waals surface area contributed by atoms with Crippen molar-refractivity contribution in [2.75, 3.05) is 0 Å². The number of nitrogens with zero attached hydrogens (tertiary/aromatic N) is 1. The maximum Gasteiger partial charge on any atom is 0.269 e. The highest BCUT2D eigenvalue weighted by Gasteiger charge is 2.41. The molecule has 5 nitrogen and oxygen atoms in total. The highest BCUT2D eigenvalue weighted by Crippen LogP contribution is 2.45. The number of nitro benzene ring substituents is 1. The molecule has 1 unspecified atom stereocenters. The lowest BCUT2D eigenvalue weighted by atomic mass is 9.87. The van der Waals surface area contributed by atoms with Gasteiger partial charge in [0, 0.05) is 37.0 Å². The second kappa shape index (κ2) is 4.44. The molecule has 104 valence electrons. The number of carbonyl (C=O) groups is 1. The van der Waals surface area contributed by atoms with E-state index >= 15 is 0 Å². The summed E-state index contributed by atoms with van der Waals surface area (Å²) < 4.78 is 6.00. The number of carbonyl (C=O) groups excluding carboxylic acids is 1. The Morgan fingerprint density at radius 2 is 1.95 bits per heavy atom. The molecule has 0 aromatic heterocycles. The summed E-state index contributed by atoms with van der Waals surface area (Å²) >= 11 is 0. The van der Waals surface area contributed by atoms with Gasteiger partial charge in [0.1, 0.15) is 11.4 Å². The summed E-state index contributed by atoms with van der Waals surface area (Å²) in [5.74, 6) is 0.985. The van der Waals surface area contributed by atoms with Crippen LogP contribution in [0.25, 0.3) is 0 Å². The molecule has 1 aromatic carbocycles. The van der Waals surface area contributed by atoms with Crippen molar-refractivity contribution in [3.05, 3.63) is 51.3 Å². The molecule has 1 aliphatic carbocycles. The number of hydrogen-bond acceptors (Lipinski definition) is 4. The van der Waals surface area contributed by atoms with E-state index in [1.54, 1.807) is 12.1 Å². The van der Waals surface area contributed by atoms with Gasteiger partial charge < -0.3 is 4.74 Å². The average Bonchev–Trinajstić information content (AvgIpc) is 2.78. The van der Waals surface area contributed by atoms with Crippen LogP contribution in [-0.2, 0) is 15.1 Å². The predicted molar refractivity (Wildman–Crippen MR) is 72.0 cm³/mol. The van der Waals surface area contributed by atoms with E-state index < -0.39 is 10.5 Å². The fraction of sp³-hybridized carbons (Fsp3) is 0.400. The molecular formula is C15H15NO4. The van der Waals surface area contributed by atoms with E-state index in [-0.39, 0.29) is 11.5 Å². The first-order valence-corrected chi connectivity index (χ1v) is 6.69. The first-order chi connectivity index (χ1) is 9.49. The van der Waals surface area contributed by atoms with Crippen molar-refractivity contribution in [1.82, 2.24) is 0 Å². The minimum atomic E-state index is -0.584. The molecule has 0 radical (unpaired) electrons. The maximum absolute atomic E-state index is 11.9. The van der Waals surface area contributed by atoms with Gasteiger partial charge in [-0.3, -0.25) is 14.9 Å². The van der Waals surface area contributed by atoms with Crippen LogP contribution in [0.2, 0.25) is 0 Å². The summed E-state index contributed by atoms with van der Waals surface area (Å²) in [6.45, 7) is 1.93. The number of benzene rings is 1. The smallest absolute Gasteiger partial charge is 0.269 e. The molecule has 0 amide bonds. The Labute approximate surface area is 116 Å². The number of rotatable bonds is 2. The third-order valence-corrected chi connectivity index (χ3v) is 4.03. The normalized spacial score (nSPS) is 25.4. The van der Waals surface area contributed by atoms with Crippen LogP contribution in [0.15, 0.2) is 35.6 Å². The first kappa shape index (κ1) is 12.8. The summed E-state index contributed by atoms with van der Waals surface area (Å²) in [6, 6.07) is 6.37. The molecule has 0 bridgehead atoms. The molecule has 1 aliphatic heterocycles. The molecule has 5 heteroatoms. The Balaban J connectivity index is 1.88. The zero-order chi connectivity index (χ0) is 14.3. The number of ketones is 1. The van der Waals surface area contributed by atoms with E-state index in [0.29, 0.717) is 12.8 Å². The van der Waals surface area contributed by atoms with Crippen molar-refractivity contribution in [2.45, 2.75) is 38.2 Å². The minimum absolute atomic E-state index is 0.0594. The van der Waals surface area contributed by atoms with Gasteiger partial charge in [0.25, 0.3) is 5.69 Å². The van der Waals surface area contributed by atoms with Crippen molar-refractivity contribution in [3.63, 3.8) is 0 Å². The standard InChI is InChI=1S/C15H15NO4/c1-15(10-5-7-11(8-6-10)16(18)19)9-12-13(17)3-2-4-14(12)20-15/h5-8H,2-4,9H2,1H3. The molecule has 0 spiro atoms. The SMILES string of the molecule is CC1(c2ccc([N+](=O)[O-])cc2)CC2=C(CCCC2=O)O1. The van der Waals surface area contributed by atoms with Gasteiger partial charge in [0.15, 0.2) is 5.78 Å². The van der Waals surface area contributed by atoms with Crippen LogP contribution in [0, 0.1) is 10.1 Å². The van der Waals surface area contributed by atoms with Gasteiger partial charge in [-0.15, -0.1) is 0 Å². The van der Waals surface area contributed by atoms with Crippen LogP contribution in [0.5, 0.6) is 0 Å². The molecule has 2 aliphatic rings. The second-order valence-electron chi connectivity index (χ2n) is 5.49. The Morgan fingerprint density at radius 3 is 2.55 bits per heavy atom. The quantitative estimate of drug-likeness (QED) is 0.612. The Hall–Kier alpha value is -2.17. The highest BCUT2D eigenvalue weighted by atomic mass is 16.6. The molecular weight excluding hydrogens is 258 g/mol. The van der Waals surface area contributed by atoms with Crippen molar-refractivity contribution < 1.29 is 14.5 Å². The van der Waals surface area contributed by atoms with Crippen LogP contribution in [0.4, 0.5) is 5.69 Å². The molecule has 0 N–H and O–H groups in total. The van der Waals surface area contributed by atoms with Gasteiger partial charge in [0.05, 0.1) is 4.92 Å². The Kier molecular flexibility index (Phi) is 2.85. The van der Waals surface area contributed by atoms with Gasteiger partial charge in [-0.1, -0.05) is 0 Å². The third-order valence-electron chi connectivity index (χ3n) is 4.03. The van der Waals surface area contributed by atoms with Crippen LogP contribution in [0.1, 0.15) is 38.2 Å². The van der Waals surface area contributed by atoms with E-state index in [1.807, 2.05) is 6.92 Å². The van der Waals surface area contributed by atoms with E-state index in [0.717, 1.165) is 29.7 Å². The van der Waals surface area contributed by atoms with Gasteiger partial charge in [-0.2, -0.15) is 0 Å². The van der Waals surface area contributed by atoms with Crippen molar-refractivity contribution in [1.29, 1.82) is 0 Å². The maximum atomic E-state index is 11.9. The topological polar surface area (TPSA) is 69.4 Å². The van der Waals surface area contributed by atoms with E-state index in [2.05, 4.69) is 0 Å². The van der Waals surface area contributed by atoms with Crippen LogP contribution in [0.3, 0.4) is 0 Å². The fourth-order valence-electron chi connectivity index (χ4n) is 2.92. The van der Waals surface area contributed by atoms with E-state index in [1.165, 1.54) is 12.1 Å². The molecule has 0 saturated carbocycles. The van der Waals surface area contributed by atoms with Gasteiger partial charge in [0.2, 0.25) is 0 Å². The van der Waals surface area contributed by atoms with Crippen LogP contribution < -0.4 is 0 Å². The zero-order valence-electron chi connectivity index (χ0n) is 11.2. The number of Topliss-reactive ketones (excluding diaryl/α,β-unsaturated/α-hetero) is 1. The molecule has 3 rings (SSSR count). The molecule has 1 aromatic rings. The van der Waals surface area contributed by atoms with E-state index in [9.17, 15) is 14.9 Å². The number of allylic oxidation sites excluding steroid dienone is 1. The van der Waals surface area contributed by atoms with Crippen molar-refractivity contribution in [2.24, 2.45) is 0 Å². The molecule has 1 heterocycles. The highest BCUT2D eigenvalue weighted by molar-refractivity contribution is 5.97. The Morgan fingerprint density at radius 1 is 1.25 bits per heavy atom. The average molecular weight is 273 g/mol. The largest absolute Gasteiger partial charge is 0.486 e. The van der Waals surface area contributed by atoms with Gasteiger partial charge >= 0.3 is 0 Å². The zero-order valence-corrected chi connectivity index (χ0v) is 11.2. The summed E-state index contributed by atoms with van der Waals surface area (Å²) in [5.41, 5.74) is 1.14. The molecule has 20 heavy (non-hydrogen) atoms. The first-order valence-electron chi connectivity index (χ1n) is 6.69. The predicted octanol–water partition coefficient (Wildman–Crippen LogP) is 3.24. The minimum Gasteiger partial charge on any atom is -0.486 e. The number of ether oxygens (including phenoxy) is 1. The second-order valence-corrected chi connectivity index (χ2v) is 5.49. The van der Waals surface area contributed by atoms with Gasteiger partial charge in [-0.05, 0) is 31.0 Å². The molecule has 0 fully saturated rings. The lowest BCUT2D eigenvalue weighted by Crippen LogP contribution is -2.21. The fourth-order valence-corrected chi connectivity index (χ4v) is 2.92. The van der Waals surface area contributed by atoms with Crippen molar-refractivity contribution in [3.8, 4) is 0 Å². The molecule has 0 saturated heterocycles. The number of hydrogen-bond donors (Lipinski definition) is 0. The van der Waals surface area contributed by atoms with E-state index in [4.69, 9.17) is 4.74 Å². The lowest BCUT2D eigenvalue weighted by molar-refractivity contribution is -0.384. The summed E-state index contributed by atoms with van der Waals surface area (Å²) in [6.07, 6.45) is 2.80. The lowest BCUT2D eigenvalue weighted by Gasteiger charge is -2.25. The summed E-state index contributed by atoms with van der Waals surface area (Å²) in [7, 11) is 0. The van der Waals surface area contributed by atoms with Crippen molar-refractivity contribution >= 4 is 11.5 Å². The number of nitro groups is 1. The number of non-ortho nitro benzene ring substituents is 1. The monoisotopic (exact) mass is 273 g/mol. The summed E-state index contributed by atoms with van der Waals surface area (Å²) in [5, 5.41) is 10.7. The van der Waals surface area contributed by atoms with Crippen LogP contribution in [-0.4, -0.2) is 10.7 Å². The third kappa shape index (κ3) is 1.99. The summed E-state index contributed by atoms with van der Waals surface area (Å²) in [4.78, 5) is 22.2. The molecule has 1 atom stereocenters. The van der Waals surface area contributed by atoms with Crippen LogP contribution >= 0.6 is 0 Å². The van der Waals surface area contributed by atoms with Gasteiger partial charge in [-0.25, -0.2) is 0 Å².